The van der Waals surface area contributed by atoms with Gasteiger partial charge in [-0.25, -0.2) is 18.6 Å². The van der Waals surface area contributed by atoms with Gasteiger partial charge in [-0.3, -0.25) is 4.79 Å². The normalized spacial score (nSPS) is 19.4. The van der Waals surface area contributed by atoms with Crippen LogP contribution in [0.2, 0.25) is 0 Å². The minimum Gasteiger partial charge on any atom is -0.476 e. The lowest BCUT2D eigenvalue weighted by molar-refractivity contribution is -0.122. The van der Waals surface area contributed by atoms with Crippen molar-refractivity contribution in [2.24, 2.45) is 5.92 Å². The molecule has 0 spiro atoms. The average molecular weight is 338 g/mol. The molecule has 3 rings (SSSR count). The molecule has 1 aromatic heterocycles. The van der Waals surface area contributed by atoms with E-state index in [1.54, 1.807) is 0 Å². The number of hydrogen-bond acceptors (Lipinski definition) is 4. The maximum atomic E-state index is 13.7. The van der Waals surface area contributed by atoms with Crippen LogP contribution >= 0.6 is 11.3 Å². The molecule has 1 aliphatic carbocycles. The third kappa shape index (κ3) is 3.21. The van der Waals surface area contributed by atoms with Crippen LogP contribution in [0, 0.1) is 17.6 Å². The van der Waals surface area contributed by atoms with Crippen LogP contribution in [-0.4, -0.2) is 22.0 Å². The number of halogens is 2. The molecule has 0 radical (unpaired) electrons. The SMILES string of the molecule is O=C(O)c1csc(CNC(=O)[C@H]2C[C@@H]2c2cccc(F)c2F)n1. The lowest BCUT2D eigenvalue weighted by Gasteiger charge is -2.04. The number of carbonyl (C=O) groups is 2. The van der Waals surface area contributed by atoms with Gasteiger partial charge in [0.05, 0.1) is 6.54 Å². The van der Waals surface area contributed by atoms with E-state index in [9.17, 15) is 18.4 Å². The van der Waals surface area contributed by atoms with E-state index in [0.29, 0.717) is 11.4 Å². The van der Waals surface area contributed by atoms with E-state index in [2.05, 4.69) is 10.3 Å². The van der Waals surface area contributed by atoms with E-state index in [0.717, 1.165) is 17.4 Å². The van der Waals surface area contributed by atoms with Crippen molar-refractivity contribution in [3.05, 3.63) is 51.5 Å². The molecule has 0 bridgehead atoms. The first-order valence-corrected chi connectivity index (χ1v) is 7.74. The Hall–Kier alpha value is -2.35. The quantitative estimate of drug-likeness (QED) is 0.878. The molecule has 1 aliphatic rings. The second-order valence-electron chi connectivity index (χ2n) is 5.24. The number of amides is 1. The molecule has 1 fully saturated rings. The van der Waals surface area contributed by atoms with Crippen molar-refractivity contribution in [2.75, 3.05) is 0 Å². The molecule has 0 saturated heterocycles. The smallest absolute Gasteiger partial charge is 0.355 e. The monoisotopic (exact) mass is 338 g/mol. The highest BCUT2D eigenvalue weighted by Gasteiger charge is 2.45. The highest BCUT2D eigenvalue weighted by molar-refractivity contribution is 7.09. The number of hydrogen-bond donors (Lipinski definition) is 2. The maximum Gasteiger partial charge on any atom is 0.355 e. The summed E-state index contributed by atoms with van der Waals surface area (Å²) in [5, 5.41) is 13.3. The molecule has 0 aliphatic heterocycles. The number of carboxylic acids is 1. The number of nitrogens with zero attached hydrogens (tertiary/aromatic N) is 1. The summed E-state index contributed by atoms with van der Waals surface area (Å²) in [4.78, 5) is 26.6. The molecule has 2 N–H and O–H groups in total. The van der Waals surface area contributed by atoms with Gasteiger partial charge in [0.25, 0.3) is 0 Å². The van der Waals surface area contributed by atoms with Crippen molar-refractivity contribution in [1.82, 2.24) is 10.3 Å². The fraction of sp³-hybridized carbons (Fsp3) is 0.267. The minimum atomic E-state index is -1.12. The van der Waals surface area contributed by atoms with Gasteiger partial charge in [0.2, 0.25) is 5.91 Å². The Morgan fingerprint density at radius 3 is 2.87 bits per heavy atom. The maximum absolute atomic E-state index is 13.7. The van der Waals surface area contributed by atoms with E-state index in [1.807, 2.05) is 0 Å². The molecule has 1 heterocycles. The third-order valence-corrected chi connectivity index (χ3v) is 4.54. The Labute approximate surface area is 134 Å². The summed E-state index contributed by atoms with van der Waals surface area (Å²) in [5.41, 5.74) is 0.151. The van der Waals surface area contributed by atoms with Gasteiger partial charge in [-0.15, -0.1) is 11.3 Å². The molecular formula is C15H12F2N2O3S. The van der Waals surface area contributed by atoms with Crippen LogP contribution in [0.3, 0.4) is 0 Å². The van der Waals surface area contributed by atoms with E-state index in [4.69, 9.17) is 5.11 Å². The zero-order valence-electron chi connectivity index (χ0n) is 11.8. The van der Waals surface area contributed by atoms with E-state index in [1.165, 1.54) is 17.5 Å². The fourth-order valence-corrected chi connectivity index (χ4v) is 3.13. The summed E-state index contributed by atoms with van der Waals surface area (Å²) in [6.07, 6.45) is 0.463. The molecule has 5 nitrogen and oxygen atoms in total. The van der Waals surface area contributed by atoms with Gasteiger partial charge in [-0.1, -0.05) is 12.1 Å². The van der Waals surface area contributed by atoms with Crippen LogP contribution in [0.5, 0.6) is 0 Å². The molecule has 0 unspecified atom stereocenters. The molecule has 120 valence electrons. The van der Waals surface area contributed by atoms with Gasteiger partial charge < -0.3 is 10.4 Å². The van der Waals surface area contributed by atoms with Crippen LogP contribution in [0.25, 0.3) is 0 Å². The van der Waals surface area contributed by atoms with E-state index in [-0.39, 0.29) is 29.6 Å². The molecule has 8 heteroatoms. The third-order valence-electron chi connectivity index (χ3n) is 3.69. The number of benzene rings is 1. The molecule has 2 aromatic rings. The molecular weight excluding hydrogens is 326 g/mol. The lowest BCUT2D eigenvalue weighted by atomic mass is 10.1. The average Bonchev–Trinajstić information content (AvgIpc) is 3.16. The minimum absolute atomic E-state index is 0.0645. The predicted molar refractivity (Wildman–Crippen MR) is 78.1 cm³/mol. The summed E-state index contributed by atoms with van der Waals surface area (Å²) in [5.74, 6) is -3.94. The van der Waals surface area contributed by atoms with Crippen molar-refractivity contribution in [1.29, 1.82) is 0 Å². The molecule has 1 saturated carbocycles. The Kier molecular flexibility index (Phi) is 4.08. The number of carboxylic acid groups (broad SMARTS) is 1. The molecule has 23 heavy (non-hydrogen) atoms. The van der Waals surface area contributed by atoms with Gasteiger partial charge >= 0.3 is 5.97 Å². The van der Waals surface area contributed by atoms with Crippen LogP contribution in [0.15, 0.2) is 23.6 Å². The van der Waals surface area contributed by atoms with Gasteiger partial charge in [0.15, 0.2) is 17.3 Å². The molecule has 2 atom stereocenters. The fourth-order valence-electron chi connectivity index (χ4n) is 2.42. The summed E-state index contributed by atoms with van der Waals surface area (Å²) < 4.78 is 26.9. The first-order valence-electron chi connectivity index (χ1n) is 6.86. The standard InChI is InChI=1S/C15H12F2N2O3S/c16-10-3-1-2-7(13(10)17)8-4-9(8)14(20)18-5-12-19-11(6-23-12)15(21)22/h1-3,6,8-9H,4-5H2,(H,18,20)(H,21,22)/t8-,9+/m1/s1. The van der Waals surface area contributed by atoms with Crippen LogP contribution in [0.1, 0.15) is 33.4 Å². The second kappa shape index (κ2) is 6.04. The second-order valence-corrected chi connectivity index (χ2v) is 6.18. The number of aromatic carboxylic acids is 1. The predicted octanol–water partition coefficient (Wildman–Crippen LogP) is 2.54. The number of nitrogens with one attached hydrogen (secondary N) is 1. The summed E-state index contributed by atoms with van der Waals surface area (Å²) >= 11 is 1.14. The van der Waals surface area contributed by atoms with Crippen molar-refractivity contribution in [3.63, 3.8) is 0 Å². The van der Waals surface area contributed by atoms with Crippen molar-refractivity contribution < 1.29 is 23.5 Å². The zero-order valence-corrected chi connectivity index (χ0v) is 12.6. The molecule has 1 amide bonds. The number of rotatable bonds is 5. The Morgan fingerprint density at radius 2 is 2.17 bits per heavy atom. The first kappa shape index (κ1) is 15.5. The zero-order chi connectivity index (χ0) is 16.6. The van der Waals surface area contributed by atoms with Gasteiger partial charge in [0.1, 0.15) is 5.01 Å². The summed E-state index contributed by atoms with van der Waals surface area (Å²) in [6, 6.07) is 3.94. The van der Waals surface area contributed by atoms with Crippen LogP contribution in [0.4, 0.5) is 8.78 Å². The first-order chi connectivity index (χ1) is 11.0. The van der Waals surface area contributed by atoms with Crippen molar-refractivity contribution >= 4 is 23.2 Å². The Morgan fingerprint density at radius 1 is 1.39 bits per heavy atom. The highest BCUT2D eigenvalue weighted by Crippen LogP contribution is 2.48. The number of carbonyl (C=O) groups excluding carboxylic acids is 1. The summed E-state index contributed by atoms with van der Waals surface area (Å²) in [7, 11) is 0. The van der Waals surface area contributed by atoms with Crippen LogP contribution in [-0.2, 0) is 11.3 Å². The van der Waals surface area contributed by atoms with E-state index < -0.39 is 23.5 Å². The Bertz CT molecular complexity index is 778. The highest BCUT2D eigenvalue weighted by atomic mass is 32.1. The van der Waals surface area contributed by atoms with Gasteiger partial charge in [-0.05, 0) is 24.0 Å². The van der Waals surface area contributed by atoms with Crippen LogP contribution < -0.4 is 5.32 Å². The van der Waals surface area contributed by atoms with E-state index >= 15 is 0 Å². The molecule has 1 aromatic carbocycles. The lowest BCUT2D eigenvalue weighted by Crippen LogP contribution is -2.25. The Balaban J connectivity index is 1.58. The summed E-state index contributed by atoms with van der Waals surface area (Å²) in [6.45, 7) is 0.117. The van der Waals surface area contributed by atoms with Crippen molar-refractivity contribution in [2.45, 2.75) is 18.9 Å². The largest absolute Gasteiger partial charge is 0.476 e. The number of aromatic nitrogens is 1. The topological polar surface area (TPSA) is 79.3 Å². The number of thiazole rings is 1. The van der Waals surface area contributed by atoms with Crippen molar-refractivity contribution in [3.8, 4) is 0 Å². The van der Waals surface area contributed by atoms with Gasteiger partial charge in [0, 0.05) is 11.3 Å². The van der Waals surface area contributed by atoms with Gasteiger partial charge in [-0.2, -0.15) is 0 Å².